The minimum Gasteiger partial charge on any atom is -0.445 e. The van der Waals surface area contributed by atoms with E-state index >= 15 is 0 Å². The van der Waals surface area contributed by atoms with Gasteiger partial charge in [-0.15, -0.1) is 0 Å². The highest BCUT2D eigenvalue weighted by Crippen LogP contribution is 2.02. The molecule has 120 valence electrons. The number of carbonyl (C=O) groups is 2. The Hall–Kier alpha value is -2.66. The van der Waals surface area contributed by atoms with Gasteiger partial charge in [-0.2, -0.15) is 0 Å². The van der Waals surface area contributed by atoms with E-state index in [0.29, 0.717) is 12.9 Å². The third kappa shape index (κ3) is 6.32. The average molecular weight is 313 g/mol. The van der Waals surface area contributed by atoms with Crippen LogP contribution in [0.2, 0.25) is 0 Å². The molecule has 0 fully saturated rings. The summed E-state index contributed by atoms with van der Waals surface area (Å²) < 4.78 is 10.5. The van der Waals surface area contributed by atoms with Crippen molar-refractivity contribution < 1.29 is 19.1 Å². The fourth-order valence-electron chi connectivity index (χ4n) is 1.91. The average Bonchev–Trinajstić information content (AvgIpc) is 2.61. The summed E-state index contributed by atoms with van der Waals surface area (Å²) in [7, 11) is 0. The maximum absolute atomic E-state index is 11.7. The second-order valence-electron chi connectivity index (χ2n) is 4.95. The molecule has 1 N–H and O–H groups in total. The van der Waals surface area contributed by atoms with Crippen molar-refractivity contribution in [1.29, 1.82) is 0 Å². The maximum atomic E-state index is 11.7. The molecule has 1 amide bonds. The van der Waals surface area contributed by atoms with Gasteiger partial charge in [-0.25, -0.2) is 4.79 Å². The van der Waals surface area contributed by atoms with Gasteiger partial charge >= 0.3 is 6.09 Å². The molecular weight excluding hydrogens is 294 g/mol. The minimum absolute atomic E-state index is 0.0961. The van der Waals surface area contributed by atoms with Crippen LogP contribution in [0.3, 0.4) is 0 Å². The van der Waals surface area contributed by atoms with Crippen LogP contribution in [0.25, 0.3) is 0 Å². The van der Waals surface area contributed by atoms with Crippen LogP contribution in [-0.4, -0.2) is 25.0 Å². The lowest BCUT2D eigenvalue weighted by Crippen LogP contribution is -2.39. The lowest BCUT2D eigenvalue weighted by molar-refractivity contribution is -0.111. The summed E-state index contributed by atoms with van der Waals surface area (Å²) in [5.74, 6) is 0. The summed E-state index contributed by atoms with van der Waals surface area (Å²) >= 11 is 0. The van der Waals surface area contributed by atoms with Crippen molar-refractivity contribution in [3.8, 4) is 0 Å². The molecule has 0 aliphatic carbocycles. The smallest absolute Gasteiger partial charge is 0.408 e. The number of benzene rings is 2. The molecule has 0 bridgehead atoms. The quantitative estimate of drug-likeness (QED) is 0.761. The first-order valence-electron chi connectivity index (χ1n) is 7.32. The zero-order valence-electron chi connectivity index (χ0n) is 12.7. The Morgan fingerprint density at radius 1 is 0.957 bits per heavy atom. The summed E-state index contributed by atoms with van der Waals surface area (Å²) in [5, 5.41) is 2.47. The van der Waals surface area contributed by atoms with Gasteiger partial charge in [0.15, 0.2) is 0 Å². The van der Waals surface area contributed by atoms with E-state index in [1.165, 1.54) is 0 Å². The maximum Gasteiger partial charge on any atom is 0.408 e. The van der Waals surface area contributed by atoms with Gasteiger partial charge in [0, 0.05) is 0 Å². The Labute approximate surface area is 135 Å². The van der Waals surface area contributed by atoms with Gasteiger partial charge in [0.1, 0.15) is 18.9 Å². The van der Waals surface area contributed by atoms with E-state index in [1.54, 1.807) is 0 Å². The highest BCUT2D eigenvalue weighted by atomic mass is 16.5. The summed E-state index contributed by atoms with van der Waals surface area (Å²) in [6.07, 6.45) is -0.0105. The molecule has 5 nitrogen and oxygen atoms in total. The molecule has 0 radical (unpaired) electrons. The number of ether oxygens (including phenoxy) is 2. The molecule has 0 aliphatic rings. The predicted octanol–water partition coefficient (Wildman–Crippen LogP) is 2.70. The van der Waals surface area contributed by atoms with Crippen molar-refractivity contribution in [2.24, 2.45) is 0 Å². The minimum atomic E-state index is -0.734. The molecule has 0 aromatic heterocycles. The molecule has 0 aliphatic heterocycles. The van der Waals surface area contributed by atoms with E-state index in [4.69, 9.17) is 9.47 Å². The summed E-state index contributed by atoms with van der Waals surface area (Å²) in [6, 6.07) is 18.2. The molecule has 23 heavy (non-hydrogen) atoms. The van der Waals surface area contributed by atoms with Crippen LogP contribution in [0.1, 0.15) is 11.1 Å². The molecule has 5 heteroatoms. The Bertz CT molecular complexity index is 601. The Kier molecular flexibility index (Phi) is 6.81. The number of nitrogens with one attached hydrogen (secondary N) is 1. The van der Waals surface area contributed by atoms with Crippen LogP contribution in [0.5, 0.6) is 0 Å². The van der Waals surface area contributed by atoms with Crippen molar-refractivity contribution in [2.45, 2.75) is 19.3 Å². The monoisotopic (exact) mass is 313 g/mol. The number of aldehydes is 1. The topological polar surface area (TPSA) is 64.6 Å². The van der Waals surface area contributed by atoms with E-state index in [9.17, 15) is 9.59 Å². The summed E-state index contributed by atoms with van der Waals surface area (Å²) in [5.41, 5.74) is 1.88. The van der Waals surface area contributed by atoms with Gasteiger partial charge in [-0.1, -0.05) is 60.7 Å². The largest absolute Gasteiger partial charge is 0.445 e. The van der Waals surface area contributed by atoms with Gasteiger partial charge < -0.3 is 19.6 Å². The van der Waals surface area contributed by atoms with Crippen LogP contribution in [0, 0.1) is 0 Å². The molecule has 0 spiro atoms. The number of rotatable bonds is 8. The van der Waals surface area contributed by atoms with Gasteiger partial charge in [-0.05, 0) is 11.1 Å². The number of alkyl carbamates (subject to hydrolysis) is 1. The first-order valence-corrected chi connectivity index (χ1v) is 7.32. The summed E-state index contributed by atoms with van der Waals surface area (Å²) in [6.45, 7) is 0.633. The highest BCUT2D eigenvalue weighted by molar-refractivity contribution is 5.73. The van der Waals surface area contributed by atoms with Gasteiger partial charge in [0.25, 0.3) is 0 Å². The van der Waals surface area contributed by atoms with E-state index < -0.39 is 12.1 Å². The first-order chi connectivity index (χ1) is 11.3. The Morgan fingerprint density at radius 3 is 2.09 bits per heavy atom. The molecule has 0 unspecified atom stereocenters. The van der Waals surface area contributed by atoms with Crippen LogP contribution < -0.4 is 5.32 Å². The third-order valence-corrected chi connectivity index (χ3v) is 3.09. The normalized spacial score (nSPS) is 11.5. The number of hydrogen-bond acceptors (Lipinski definition) is 4. The summed E-state index contributed by atoms with van der Waals surface area (Å²) in [4.78, 5) is 22.7. The molecule has 0 heterocycles. The SMILES string of the molecule is O=C[C@H](COCc1ccccc1)NC(=O)OCc1ccccc1. The molecule has 2 aromatic carbocycles. The second kappa shape index (κ2) is 9.38. The fourth-order valence-corrected chi connectivity index (χ4v) is 1.91. The second-order valence-corrected chi connectivity index (χ2v) is 4.95. The third-order valence-electron chi connectivity index (χ3n) is 3.09. The van der Waals surface area contributed by atoms with E-state index in [2.05, 4.69) is 5.32 Å². The Morgan fingerprint density at radius 2 is 1.52 bits per heavy atom. The van der Waals surface area contributed by atoms with E-state index in [1.807, 2.05) is 60.7 Å². The van der Waals surface area contributed by atoms with Gasteiger partial charge in [-0.3, -0.25) is 0 Å². The van der Waals surface area contributed by atoms with Gasteiger partial charge in [0.05, 0.1) is 13.2 Å². The Balaban J connectivity index is 1.69. The molecule has 0 saturated carbocycles. The lowest BCUT2D eigenvalue weighted by atomic mass is 10.2. The van der Waals surface area contributed by atoms with Crippen LogP contribution >= 0.6 is 0 Å². The van der Waals surface area contributed by atoms with E-state index in [0.717, 1.165) is 11.1 Å². The van der Waals surface area contributed by atoms with Crippen molar-refractivity contribution in [3.63, 3.8) is 0 Å². The van der Waals surface area contributed by atoms with Crippen molar-refractivity contribution >= 4 is 12.4 Å². The van der Waals surface area contributed by atoms with Gasteiger partial charge in [0.2, 0.25) is 0 Å². The van der Waals surface area contributed by atoms with Crippen LogP contribution in [0.15, 0.2) is 60.7 Å². The molecular formula is C18H19NO4. The highest BCUT2D eigenvalue weighted by Gasteiger charge is 2.12. The zero-order valence-corrected chi connectivity index (χ0v) is 12.7. The van der Waals surface area contributed by atoms with Crippen LogP contribution in [0.4, 0.5) is 4.79 Å². The molecule has 1 atom stereocenters. The molecule has 2 aromatic rings. The van der Waals surface area contributed by atoms with Crippen LogP contribution in [-0.2, 0) is 27.5 Å². The number of carbonyl (C=O) groups excluding carboxylic acids is 2. The molecule has 2 rings (SSSR count). The lowest BCUT2D eigenvalue weighted by Gasteiger charge is -2.13. The van der Waals surface area contributed by atoms with Crippen molar-refractivity contribution in [3.05, 3.63) is 71.8 Å². The zero-order chi connectivity index (χ0) is 16.3. The first kappa shape index (κ1) is 16.7. The van der Waals surface area contributed by atoms with Crippen molar-refractivity contribution in [1.82, 2.24) is 5.32 Å². The standard InChI is InChI=1S/C18H19NO4/c20-11-17(14-22-12-15-7-3-1-4-8-15)19-18(21)23-13-16-9-5-2-6-10-16/h1-11,17H,12-14H2,(H,19,21)/t17-/m1/s1. The number of amides is 1. The molecule has 0 saturated heterocycles. The van der Waals surface area contributed by atoms with Crippen molar-refractivity contribution in [2.75, 3.05) is 6.61 Å². The number of hydrogen-bond donors (Lipinski definition) is 1. The van der Waals surface area contributed by atoms with E-state index in [-0.39, 0.29) is 13.2 Å². The predicted molar refractivity (Wildman–Crippen MR) is 85.7 cm³/mol. The fraction of sp³-hybridized carbons (Fsp3) is 0.222.